The molecule has 0 radical (unpaired) electrons. The van der Waals surface area contributed by atoms with E-state index >= 15 is 0 Å². The number of benzene rings is 1. The summed E-state index contributed by atoms with van der Waals surface area (Å²) in [4.78, 5) is 4.27. The third-order valence-electron chi connectivity index (χ3n) is 3.92. The van der Waals surface area contributed by atoms with Crippen molar-refractivity contribution in [1.29, 1.82) is 0 Å². The van der Waals surface area contributed by atoms with Crippen LogP contribution in [0, 0.1) is 0 Å². The minimum atomic E-state index is 0. The van der Waals surface area contributed by atoms with E-state index in [0.29, 0.717) is 12.1 Å². The molecule has 1 aliphatic carbocycles. The second kappa shape index (κ2) is 7.33. The van der Waals surface area contributed by atoms with E-state index in [2.05, 4.69) is 48.5 Å². The highest BCUT2D eigenvalue weighted by Gasteiger charge is 2.53. The molecule has 1 aliphatic rings. The number of hydrogen-bond acceptors (Lipinski definition) is 2. The second-order valence-corrected chi connectivity index (χ2v) is 5.89. The molecular formula is C16H26IN3O. The molecule has 0 heterocycles. The number of nitrogens with zero attached hydrogens (tertiary/aromatic N) is 1. The average Bonchev–Trinajstić information content (AvgIpc) is 3.09. The number of rotatable bonds is 4. The van der Waals surface area contributed by atoms with Gasteiger partial charge in [0.2, 0.25) is 0 Å². The van der Waals surface area contributed by atoms with Gasteiger partial charge in [0.1, 0.15) is 5.75 Å². The lowest BCUT2D eigenvalue weighted by Crippen LogP contribution is -2.43. The van der Waals surface area contributed by atoms with Crippen molar-refractivity contribution in [3.05, 3.63) is 29.8 Å². The zero-order valence-electron chi connectivity index (χ0n) is 13.4. The first-order chi connectivity index (χ1) is 9.51. The van der Waals surface area contributed by atoms with Gasteiger partial charge in [0, 0.05) is 30.1 Å². The van der Waals surface area contributed by atoms with Gasteiger partial charge in [-0.1, -0.05) is 25.1 Å². The molecule has 0 spiro atoms. The summed E-state index contributed by atoms with van der Waals surface area (Å²) in [6.45, 7) is 6.49. The van der Waals surface area contributed by atoms with Crippen molar-refractivity contribution >= 4 is 29.9 Å². The second-order valence-electron chi connectivity index (χ2n) is 5.89. The number of halogens is 1. The molecule has 21 heavy (non-hydrogen) atoms. The van der Waals surface area contributed by atoms with Crippen LogP contribution >= 0.6 is 24.0 Å². The van der Waals surface area contributed by atoms with Crippen molar-refractivity contribution < 1.29 is 4.74 Å². The lowest BCUT2D eigenvalue weighted by atomic mass is 9.96. The Morgan fingerprint density at radius 3 is 2.62 bits per heavy atom. The summed E-state index contributed by atoms with van der Waals surface area (Å²) in [5.41, 5.74) is 1.38. The number of aliphatic imine (C=N–C) groups is 1. The molecule has 1 saturated carbocycles. The van der Waals surface area contributed by atoms with E-state index in [1.807, 2.05) is 12.1 Å². The van der Waals surface area contributed by atoms with Gasteiger partial charge in [0.15, 0.2) is 5.96 Å². The Kier molecular flexibility index (Phi) is 6.31. The summed E-state index contributed by atoms with van der Waals surface area (Å²) in [7, 11) is 3.53. The molecule has 0 aromatic heterocycles. The first kappa shape index (κ1) is 18.1. The molecule has 1 aromatic carbocycles. The third-order valence-corrected chi connectivity index (χ3v) is 3.92. The smallest absolute Gasteiger partial charge is 0.191 e. The number of guanidine groups is 1. The minimum absolute atomic E-state index is 0. The Hall–Kier alpha value is -0.980. The fourth-order valence-corrected chi connectivity index (χ4v) is 2.60. The number of methoxy groups -OCH3 is 1. The van der Waals surface area contributed by atoms with E-state index < -0.39 is 0 Å². The Balaban J connectivity index is 0.00000220. The van der Waals surface area contributed by atoms with E-state index in [-0.39, 0.29) is 29.4 Å². The van der Waals surface area contributed by atoms with Gasteiger partial charge in [-0.25, -0.2) is 0 Å². The van der Waals surface area contributed by atoms with Gasteiger partial charge < -0.3 is 15.4 Å². The maximum absolute atomic E-state index is 5.48. The van der Waals surface area contributed by atoms with Crippen molar-refractivity contribution in [2.45, 2.75) is 44.7 Å². The van der Waals surface area contributed by atoms with Gasteiger partial charge in [-0.05, 0) is 26.3 Å². The zero-order chi connectivity index (χ0) is 14.8. The highest BCUT2D eigenvalue weighted by Crippen LogP contribution is 2.50. The summed E-state index contributed by atoms with van der Waals surface area (Å²) in [5.74, 6) is 1.83. The van der Waals surface area contributed by atoms with Crippen molar-refractivity contribution in [3.63, 3.8) is 0 Å². The molecule has 2 unspecified atom stereocenters. The maximum atomic E-state index is 5.48. The Morgan fingerprint density at radius 2 is 2.05 bits per heavy atom. The van der Waals surface area contributed by atoms with Crippen LogP contribution in [0.5, 0.6) is 5.75 Å². The van der Waals surface area contributed by atoms with Gasteiger partial charge >= 0.3 is 0 Å². The molecule has 0 amide bonds. The van der Waals surface area contributed by atoms with E-state index in [1.165, 1.54) is 5.56 Å². The predicted octanol–water partition coefficient (Wildman–Crippen LogP) is 2.92. The van der Waals surface area contributed by atoms with Crippen LogP contribution in [0.15, 0.2) is 29.3 Å². The van der Waals surface area contributed by atoms with Crippen LogP contribution in [0.25, 0.3) is 0 Å². The first-order valence-electron chi connectivity index (χ1n) is 7.14. The summed E-state index contributed by atoms with van der Waals surface area (Å²) in [5, 5.41) is 6.82. The highest BCUT2D eigenvalue weighted by molar-refractivity contribution is 14.0. The van der Waals surface area contributed by atoms with Crippen LogP contribution in [0.3, 0.4) is 0 Å². The largest absolute Gasteiger partial charge is 0.496 e. The molecule has 2 N–H and O–H groups in total. The van der Waals surface area contributed by atoms with Crippen LogP contribution < -0.4 is 15.4 Å². The van der Waals surface area contributed by atoms with Gasteiger partial charge in [0.25, 0.3) is 0 Å². The van der Waals surface area contributed by atoms with Crippen molar-refractivity contribution in [2.75, 3.05) is 14.2 Å². The molecule has 1 fully saturated rings. The van der Waals surface area contributed by atoms with Gasteiger partial charge in [-0.2, -0.15) is 0 Å². The SMILES string of the molecule is CN=C(NC(C)C)NC1CC1(C)c1ccccc1OC.I. The van der Waals surface area contributed by atoms with Gasteiger partial charge in [0.05, 0.1) is 7.11 Å². The monoisotopic (exact) mass is 403 g/mol. The topological polar surface area (TPSA) is 45.7 Å². The summed E-state index contributed by atoms with van der Waals surface area (Å²) in [6, 6.07) is 9.02. The number of para-hydroxylation sites is 1. The normalized spacial score (nSPS) is 24.3. The van der Waals surface area contributed by atoms with Crippen LogP contribution in [-0.2, 0) is 5.41 Å². The molecule has 5 heteroatoms. The minimum Gasteiger partial charge on any atom is -0.496 e. The van der Waals surface area contributed by atoms with E-state index in [9.17, 15) is 0 Å². The Bertz CT molecular complexity index is 504. The number of hydrogen-bond donors (Lipinski definition) is 2. The van der Waals surface area contributed by atoms with Crippen molar-refractivity contribution in [2.24, 2.45) is 4.99 Å². The van der Waals surface area contributed by atoms with Crippen LogP contribution in [0.1, 0.15) is 32.8 Å². The molecule has 0 aliphatic heterocycles. The summed E-state index contributed by atoms with van der Waals surface area (Å²) >= 11 is 0. The fraction of sp³-hybridized carbons (Fsp3) is 0.562. The molecular weight excluding hydrogens is 377 g/mol. The lowest BCUT2D eigenvalue weighted by Gasteiger charge is -2.19. The van der Waals surface area contributed by atoms with Crippen molar-refractivity contribution in [3.8, 4) is 5.75 Å². The quantitative estimate of drug-likeness (QED) is 0.462. The molecule has 1 aromatic rings. The van der Waals surface area contributed by atoms with Gasteiger partial charge in [-0.3, -0.25) is 4.99 Å². The average molecular weight is 403 g/mol. The van der Waals surface area contributed by atoms with Gasteiger partial charge in [-0.15, -0.1) is 24.0 Å². The number of nitrogens with one attached hydrogen (secondary N) is 2. The maximum Gasteiger partial charge on any atom is 0.191 e. The Labute approximate surface area is 144 Å². The molecule has 118 valence electrons. The Morgan fingerprint density at radius 1 is 1.38 bits per heavy atom. The molecule has 2 rings (SSSR count). The van der Waals surface area contributed by atoms with Crippen LogP contribution in [0.2, 0.25) is 0 Å². The highest BCUT2D eigenvalue weighted by atomic mass is 127. The summed E-state index contributed by atoms with van der Waals surface area (Å²) in [6.07, 6.45) is 1.09. The fourth-order valence-electron chi connectivity index (χ4n) is 2.60. The standard InChI is InChI=1S/C16H25N3O.HI/c1-11(2)18-15(17-4)19-14-10-16(14,3)12-8-6-7-9-13(12)20-5;/h6-9,11,14H,10H2,1-5H3,(H2,17,18,19);1H. The van der Waals surface area contributed by atoms with E-state index in [0.717, 1.165) is 18.1 Å². The zero-order valence-corrected chi connectivity index (χ0v) is 15.8. The van der Waals surface area contributed by atoms with Crippen LogP contribution in [0.4, 0.5) is 0 Å². The predicted molar refractivity (Wildman–Crippen MR) is 98.9 cm³/mol. The molecule has 2 atom stereocenters. The summed E-state index contributed by atoms with van der Waals surface area (Å²) < 4.78 is 5.48. The third kappa shape index (κ3) is 4.02. The van der Waals surface area contributed by atoms with Crippen molar-refractivity contribution in [1.82, 2.24) is 10.6 Å². The number of ether oxygens (including phenoxy) is 1. The van der Waals surface area contributed by atoms with E-state index in [1.54, 1.807) is 14.2 Å². The lowest BCUT2D eigenvalue weighted by molar-refractivity contribution is 0.404. The molecule has 4 nitrogen and oxygen atoms in total. The van der Waals surface area contributed by atoms with E-state index in [4.69, 9.17) is 4.74 Å². The first-order valence-corrected chi connectivity index (χ1v) is 7.14. The van der Waals surface area contributed by atoms with Crippen LogP contribution in [-0.4, -0.2) is 32.2 Å². The molecule has 0 bridgehead atoms. The molecule has 0 saturated heterocycles.